The van der Waals surface area contributed by atoms with Crippen molar-refractivity contribution < 1.29 is 9.59 Å². The van der Waals surface area contributed by atoms with Gasteiger partial charge in [-0.3, -0.25) is 9.59 Å². The Kier molecular flexibility index (Phi) is 4.02. The third-order valence-electron chi connectivity index (χ3n) is 2.01. The monoisotopic (exact) mass is 221 g/mol. The van der Waals surface area contributed by atoms with Gasteiger partial charge in [-0.1, -0.05) is 12.1 Å². The van der Waals surface area contributed by atoms with Gasteiger partial charge in [-0.05, 0) is 24.6 Å². The molecule has 2 amide bonds. The molecule has 5 N–H and O–H groups in total. The molecule has 0 fully saturated rings. The fourth-order valence-corrected chi connectivity index (χ4v) is 1.16. The summed E-state index contributed by atoms with van der Waals surface area (Å²) in [5.41, 5.74) is 11.9. The fraction of sp³-hybridized carbons (Fsp3) is 0.273. The molecule has 0 aliphatic carbocycles. The molecule has 0 radical (unpaired) electrons. The summed E-state index contributed by atoms with van der Waals surface area (Å²) >= 11 is 0. The summed E-state index contributed by atoms with van der Waals surface area (Å²) in [5.74, 6) is -0.630. The summed E-state index contributed by atoms with van der Waals surface area (Å²) in [6.45, 7) is 1.61. The summed E-state index contributed by atoms with van der Waals surface area (Å²) in [4.78, 5) is 21.9. The van der Waals surface area contributed by atoms with Crippen LogP contribution in [0.1, 0.15) is 12.5 Å². The molecule has 0 heterocycles. The maximum atomic E-state index is 11.3. The van der Waals surface area contributed by atoms with Crippen molar-refractivity contribution >= 4 is 17.5 Å². The Morgan fingerprint density at radius 2 is 1.88 bits per heavy atom. The SMILES string of the molecule is CC(N)C(=O)Nc1ccc(CC(N)=O)cc1. The zero-order chi connectivity index (χ0) is 12.1. The van der Waals surface area contributed by atoms with E-state index in [2.05, 4.69) is 5.32 Å². The minimum absolute atomic E-state index is 0.196. The molecule has 0 aliphatic heterocycles. The van der Waals surface area contributed by atoms with E-state index in [0.717, 1.165) is 5.56 Å². The van der Waals surface area contributed by atoms with Gasteiger partial charge in [-0.25, -0.2) is 0 Å². The van der Waals surface area contributed by atoms with E-state index < -0.39 is 6.04 Å². The number of carbonyl (C=O) groups is 2. The van der Waals surface area contributed by atoms with Crippen LogP contribution in [-0.4, -0.2) is 17.9 Å². The lowest BCUT2D eigenvalue weighted by molar-refractivity contribution is -0.118. The Labute approximate surface area is 93.8 Å². The van der Waals surface area contributed by atoms with Gasteiger partial charge < -0.3 is 16.8 Å². The van der Waals surface area contributed by atoms with E-state index in [0.29, 0.717) is 5.69 Å². The van der Waals surface area contributed by atoms with E-state index in [4.69, 9.17) is 11.5 Å². The minimum atomic E-state index is -0.551. The van der Waals surface area contributed by atoms with Crippen molar-refractivity contribution in [1.29, 1.82) is 0 Å². The molecule has 1 aromatic rings. The van der Waals surface area contributed by atoms with E-state index in [1.54, 1.807) is 31.2 Å². The van der Waals surface area contributed by atoms with E-state index >= 15 is 0 Å². The van der Waals surface area contributed by atoms with Crippen molar-refractivity contribution in [1.82, 2.24) is 0 Å². The van der Waals surface area contributed by atoms with Gasteiger partial charge in [0.25, 0.3) is 0 Å². The number of hydrogen-bond acceptors (Lipinski definition) is 3. The van der Waals surface area contributed by atoms with Crippen LogP contribution in [0.5, 0.6) is 0 Å². The molecular weight excluding hydrogens is 206 g/mol. The van der Waals surface area contributed by atoms with E-state index in [1.807, 2.05) is 0 Å². The minimum Gasteiger partial charge on any atom is -0.369 e. The van der Waals surface area contributed by atoms with Gasteiger partial charge >= 0.3 is 0 Å². The summed E-state index contributed by atoms with van der Waals surface area (Å²) in [7, 11) is 0. The molecule has 5 nitrogen and oxygen atoms in total. The highest BCUT2D eigenvalue weighted by atomic mass is 16.2. The molecule has 0 saturated heterocycles. The quantitative estimate of drug-likeness (QED) is 0.667. The maximum Gasteiger partial charge on any atom is 0.240 e. The van der Waals surface area contributed by atoms with Crippen LogP contribution in [0.15, 0.2) is 24.3 Å². The van der Waals surface area contributed by atoms with E-state index in [1.165, 1.54) is 0 Å². The van der Waals surface area contributed by atoms with Crippen LogP contribution >= 0.6 is 0 Å². The molecule has 5 heteroatoms. The first-order chi connectivity index (χ1) is 7.49. The number of hydrogen-bond donors (Lipinski definition) is 3. The number of nitrogens with two attached hydrogens (primary N) is 2. The van der Waals surface area contributed by atoms with Crippen LogP contribution in [0.4, 0.5) is 5.69 Å². The van der Waals surface area contributed by atoms with Crippen molar-refractivity contribution in [2.75, 3.05) is 5.32 Å². The molecule has 1 atom stereocenters. The van der Waals surface area contributed by atoms with Gasteiger partial charge in [0.1, 0.15) is 0 Å². The molecule has 1 rings (SSSR count). The molecule has 86 valence electrons. The predicted octanol–water partition coefficient (Wildman–Crippen LogP) is 0.0001000. The number of benzene rings is 1. The van der Waals surface area contributed by atoms with Crippen LogP contribution in [0.3, 0.4) is 0 Å². The highest BCUT2D eigenvalue weighted by Crippen LogP contribution is 2.10. The topological polar surface area (TPSA) is 98.2 Å². The number of amides is 2. The lowest BCUT2D eigenvalue weighted by Crippen LogP contribution is -2.32. The molecule has 1 unspecified atom stereocenters. The summed E-state index contributed by atoms with van der Waals surface area (Å²) in [5, 5.41) is 2.64. The second kappa shape index (κ2) is 5.27. The molecule has 0 spiro atoms. The van der Waals surface area contributed by atoms with Crippen LogP contribution in [-0.2, 0) is 16.0 Å². The van der Waals surface area contributed by atoms with Crippen LogP contribution in [0.25, 0.3) is 0 Å². The van der Waals surface area contributed by atoms with Gasteiger partial charge in [-0.15, -0.1) is 0 Å². The highest BCUT2D eigenvalue weighted by Gasteiger charge is 2.07. The normalized spacial score (nSPS) is 11.9. The van der Waals surface area contributed by atoms with Gasteiger partial charge in [0.15, 0.2) is 0 Å². The molecule has 1 aromatic carbocycles. The molecular formula is C11H15N3O2. The Morgan fingerprint density at radius 3 is 2.31 bits per heavy atom. The Bertz CT molecular complexity index is 385. The van der Waals surface area contributed by atoms with Gasteiger partial charge in [0, 0.05) is 5.69 Å². The van der Waals surface area contributed by atoms with E-state index in [-0.39, 0.29) is 18.2 Å². The summed E-state index contributed by atoms with van der Waals surface area (Å²) in [6, 6.07) is 6.34. The molecule has 0 aliphatic rings. The second-order valence-electron chi connectivity index (χ2n) is 3.62. The van der Waals surface area contributed by atoms with Crippen LogP contribution in [0, 0.1) is 0 Å². The van der Waals surface area contributed by atoms with Crippen molar-refractivity contribution in [3.8, 4) is 0 Å². The molecule has 0 bridgehead atoms. The average Bonchev–Trinajstić information content (AvgIpc) is 2.20. The van der Waals surface area contributed by atoms with Crippen molar-refractivity contribution in [3.05, 3.63) is 29.8 Å². The molecule has 16 heavy (non-hydrogen) atoms. The van der Waals surface area contributed by atoms with Crippen molar-refractivity contribution in [2.24, 2.45) is 11.5 Å². The summed E-state index contributed by atoms with van der Waals surface area (Å²) in [6.07, 6.45) is 0.196. The van der Waals surface area contributed by atoms with E-state index in [9.17, 15) is 9.59 Å². The predicted molar refractivity (Wildman–Crippen MR) is 61.6 cm³/mol. The van der Waals surface area contributed by atoms with Gasteiger partial charge in [0.2, 0.25) is 11.8 Å². The smallest absolute Gasteiger partial charge is 0.240 e. The zero-order valence-electron chi connectivity index (χ0n) is 9.07. The van der Waals surface area contributed by atoms with Gasteiger partial charge in [0.05, 0.1) is 12.5 Å². The first-order valence-corrected chi connectivity index (χ1v) is 4.92. The van der Waals surface area contributed by atoms with Crippen molar-refractivity contribution in [3.63, 3.8) is 0 Å². The summed E-state index contributed by atoms with van der Waals surface area (Å²) < 4.78 is 0. The lowest BCUT2D eigenvalue weighted by atomic mass is 10.1. The molecule has 0 saturated carbocycles. The fourth-order valence-electron chi connectivity index (χ4n) is 1.16. The Hall–Kier alpha value is -1.88. The van der Waals surface area contributed by atoms with Crippen LogP contribution < -0.4 is 16.8 Å². The highest BCUT2D eigenvalue weighted by molar-refractivity contribution is 5.94. The lowest BCUT2D eigenvalue weighted by Gasteiger charge is -2.08. The first-order valence-electron chi connectivity index (χ1n) is 4.92. The zero-order valence-corrected chi connectivity index (χ0v) is 9.07. The standard InChI is InChI=1S/C11H15N3O2/c1-7(12)11(16)14-9-4-2-8(3-5-9)6-10(13)15/h2-5,7H,6,12H2,1H3,(H2,13,15)(H,14,16). The number of anilines is 1. The number of carbonyl (C=O) groups excluding carboxylic acids is 2. The third kappa shape index (κ3) is 3.70. The average molecular weight is 221 g/mol. The number of rotatable bonds is 4. The Balaban J connectivity index is 2.64. The van der Waals surface area contributed by atoms with Crippen molar-refractivity contribution in [2.45, 2.75) is 19.4 Å². The second-order valence-corrected chi connectivity index (χ2v) is 3.62. The number of nitrogens with one attached hydrogen (secondary N) is 1. The third-order valence-corrected chi connectivity index (χ3v) is 2.01. The largest absolute Gasteiger partial charge is 0.369 e. The Morgan fingerprint density at radius 1 is 1.31 bits per heavy atom. The maximum absolute atomic E-state index is 11.3. The molecule has 0 aromatic heterocycles. The van der Waals surface area contributed by atoms with Crippen LogP contribution in [0.2, 0.25) is 0 Å². The first kappa shape index (κ1) is 12.2. The van der Waals surface area contributed by atoms with Gasteiger partial charge in [-0.2, -0.15) is 0 Å². The number of primary amides is 1.